The Balaban J connectivity index is 2.05. The molecule has 0 saturated heterocycles. The maximum atomic E-state index is 13.5. The van der Waals surface area contributed by atoms with E-state index in [1.165, 1.54) is 0 Å². The maximum Gasteiger partial charge on any atom is 0.321 e. The summed E-state index contributed by atoms with van der Waals surface area (Å²) in [6.45, 7) is 0. The summed E-state index contributed by atoms with van der Waals surface area (Å²) >= 11 is 0. The molecule has 10 heteroatoms. The molecule has 5 saturated carbocycles. The number of rotatable bonds is 4. The van der Waals surface area contributed by atoms with E-state index in [1.54, 1.807) is 0 Å². The summed E-state index contributed by atoms with van der Waals surface area (Å²) in [7, 11) is 4.02. The van der Waals surface area contributed by atoms with Gasteiger partial charge in [0.25, 0.3) is 0 Å². The molecular weight excluding hydrogens is 364 g/mol. The highest BCUT2D eigenvalue weighted by atomic mass is 16.5. The topological polar surface area (TPSA) is 139 Å². The van der Waals surface area contributed by atoms with Gasteiger partial charge in [-0.3, -0.25) is 28.8 Å². The Kier molecular flexibility index (Phi) is 2.97. The zero-order chi connectivity index (χ0) is 20.2. The normalized spacial score (nSPS) is 44.7. The number of ether oxygens (including phenoxy) is 4. The van der Waals surface area contributed by atoms with Crippen LogP contribution in [0.2, 0.25) is 0 Å². The maximum absolute atomic E-state index is 13.5. The molecule has 0 aliphatic heterocycles. The van der Waals surface area contributed by atoms with Gasteiger partial charge in [0, 0.05) is 11.8 Å². The smallest absolute Gasteiger partial charge is 0.321 e. The Morgan fingerprint density at radius 3 is 1.04 bits per heavy atom. The minimum absolute atomic E-state index is 0.0636. The third-order valence-electron chi connectivity index (χ3n) is 7.10. The van der Waals surface area contributed by atoms with Crippen molar-refractivity contribution < 1.29 is 47.7 Å². The molecule has 0 aromatic heterocycles. The van der Waals surface area contributed by atoms with Crippen LogP contribution in [0.1, 0.15) is 6.42 Å². The molecule has 6 bridgehead atoms. The van der Waals surface area contributed by atoms with Crippen LogP contribution in [0.5, 0.6) is 0 Å². The molecule has 0 aromatic carbocycles. The molecule has 5 rings (SSSR count). The highest BCUT2D eigenvalue weighted by molar-refractivity contribution is 6.42. The van der Waals surface area contributed by atoms with Crippen molar-refractivity contribution in [3.05, 3.63) is 0 Å². The standard InChI is InChI=1S/C17H16O10/c1-24-10(20)14-6-5-7-16(8(14)18,12(22)26-3)17(7,13(23)27-4)9(19)15(6,14)11(21)25-2/h6-7H,5H2,1-4H3. The number of ketones is 2. The van der Waals surface area contributed by atoms with E-state index in [0.29, 0.717) is 0 Å². The average Bonchev–Trinajstić information content (AvgIpc) is 3.54. The van der Waals surface area contributed by atoms with E-state index in [2.05, 4.69) is 0 Å². The molecule has 5 aliphatic rings. The number of Topliss-reactive ketones (excluding diaryl/α,β-unsaturated/α-hetero) is 2. The van der Waals surface area contributed by atoms with E-state index in [4.69, 9.17) is 18.9 Å². The molecule has 5 fully saturated rings. The lowest BCUT2D eigenvalue weighted by atomic mass is 9.66. The van der Waals surface area contributed by atoms with Crippen LogP contribution in [0.3, 0.4) is 0 Å². The SMILES string of the molecule is COC(=O)C12C(=O)C3(C(=O)OC)C4CC1C2(C(=O)OC)C(=O)C43C(=O)OC. The molecule has 4 unspecified atom stereocenters. The third-order valence-corrected chi connectivity index (χ3v) is 7.10. The van der Waals surface area contributed by atoms with E-state index in [-0.39, 0.29) is 6.42 Å². The number of hydrogen-bond acceptors (Lipinski definition) is 10. The fourth-order valence-electron chi connectivity index (χ4n) is 6.25. The van der Waals surface area contributed by atoms with Gasteiger partial charge in [0.1, 0.15) is 0 Å². The van der Waals surface area contributed by atoms with Crippen LogP contribution < -0.4 is 0 Å². The monoisotopic (exact) mass is 380 g/mol. The molecule has 0 amide bonds. The van der Waals surface area contributed by atoms with Crippen molar-refractivity contribution in [3.8, 4) is 0 Å². The quantitative estimate of drug-likeness (QED) is 0.319. The van der Waals surface area contributed by atoms with E-state index in [9.17, 15) is 28.8 Å². The summed E-state index contributed by atoms with van der Waals surface area (Å²) in [6, 6.07) is 0. The summed E-state index contributed by atoms with van der Waals surface area (Å²) in [5.74, 6) is -8.52. The van der Waals surface area contributed by atoms with Crippen molar-refractivity contribution in [2.24, 2.45) is 33.5 Å². The Labute approximate surface area is 152 Å². The number of carbonyl (C=O) groups is 6. The van der Waals surface area contributed by atoms with Crippen LogP contribution in [0, 0.1) is 33.5 Å². The molecule has 0 spiro atoms. The van der Waals surface area contributed by atoms with Gasteiger partial charge in [0.15, 0.2) is 33.2 Å². The molecule has 0 radical (unpaired) electrons. The zero-order valence-corrected chi connectivity index (χ0v) is 14.9. The summed E-state index contributed by atoms with van der Waals surface area (Å²) in [6.07, 6.45) is -0.0636. The Hall–Kier alpha value is -2.78. The van der Waals surface area contributed by atoms with E-state index < -0.39 is 68.9 Å². The highest BCUT2D eigenvalue weighted by Gasteiger charge is 3.12. The van der Waals surface area contributed by atoms with Crippen molar-refractivity contribution >= 4 is 35.4 Å². The van der Waals surface area contributed by atoms with Crippen molar-refractivity contribution in [1.82, 2.24) is 0 Å². The molecule has 4 atom stereocenters. The predicted octanol–water partition coefficient (Wildman–Crippen LogP) is -1.56. The lowest BCUT2D eigenvalue weighted by molar-refractivity contribution is -0.179. The lowest BCUT2D eigenvalue weighted by Crippen LogP contribution is -2.57. The van der Waals surface area contributed by atoms with Crippen LogP contribution in [0.25, 0.3) is 0 Å². The average molecular weight is 380 g/mol. The fourth-order valence-corrected chi connectivity index (χ4v) is 6.25. The summed E-state index contributed by atoms with van der Waals surface area (Å²) in [5.41, 5.74) is -8.76. The van der Waals surface area contributed by atoms with Crippen LogP contribution in [0.15, 0.2) is 0 Å². The second-order valence-electron chi connectivity index (χ2n) is 7.20. The van der Waals surface area contributed by atoms with Gasteiger partial charge in [0.05, 0.1) is 28.4 Å². The Morgan fingerprint density at radius 2 is 0.852 bits per heavy atom. The minimum Gasteiger partial charge on any atom is -0.468 e. The molecule has 0 heterocycles. The van der Waals surface area contributed by atoms with E-state index in [1.807, 2.05) is 0 Å². The summed E-state index contributed by atoms with van der Waals surface area (Å²) in [4.78, 5) is 77.6. The third kappa shape index (κ3) is 1.15. The highest BCUT2D eigenvalue weighted by Crippen LogP contribution is 2.94. The minimum atomic E-state index is -2.19. The Morgan fingerprint density at radius 1 is 0.630 bits per heavy atom. The largest absolute Gasteiger partial charge is 0.468 e. The first kappa shape index (κ1) is 17.6. The molecule has 0 aromatic rings. The number of carbonyl (C=O) groups excluding carboxylic acids is 6. The van der Waals surface area contributed by atoms with E-state index in [0.717, 1.165) is 28.4 Å². The zero-order valence-electron chi connectivity index (χ0n) is 14.9. The summed E-state index contributed by atoms with van der Waals surface area (Å²) in [5, 5.41) is 0. The first-order chi connectivity index (χ1) is 12.7. The van der Waals surface area contributed by atoms with Crippen LogP contribution in [-0.4, -0.2) is 63.9 Å². The van der Waals surface area contributed by atoms with Gasteiger partial charge in [0.2, 0.25) is 0 Å². The first-order valence-corrected chi connectivity index (χ1v) is 8.15. The first-order valence-electron chi connectivity index (χ1n) is 8.15. The molecule has 10 nitrogen and oxygen atoms in total. The number of methoxy groups -OCH3 is 4. The van der Waals surface area contributed by atoms with Crippen LogP contribution >= 0.6 is 0 Å². The fraction of sp³-hybridized carbons (Fsp3) is 0.647. The van der Waals surface area contributed by atoms with Gasteiger partial charge < -0.3 is 18.9 Å². The van der Waals surface area contributed by atoms with Gasteiger partial charge in [-0.15, -0.1) is 0 Å². The second-order valence-corrected chi connectivity index (χ2v) is 7.20. The number of hydrogen-bond donors (Lipinski definition) is 0. The van der Waals surface area contributed by atoms with Gasteiger partial charge >= 0.3 is 23.9 Å². The van der Waals surface area contributed by atoms with Crippen LogP contribution in [-0.2, 0) is 47.7 Å². The lowest BCUT2D eigenvalue weighted by Gasteiger charge is -2.32. The van der Waals surface area contributed by atoms with Gasteiger partial charge in [-0.05, 0) is 6.42 Å². The van der Waals surface area contributed by atoms with Crippen molar-refractivity contribution in [1.29, 1.82) is 0 Å². The number of esters is 4. The van der Waals surface area contributed by atoms with Gasteiger partial charge in [-0.1, -0.05) is 0 Å². The molecule has 0 N–H and O–H groups in total. The second kappa shape index (κ2) is 4.55. The molecular formula is C17H16O10. The van der Waals surface area contributed by atoms with Gasteiger partial charge in [-0.2, -0.15) is 0 Å². The summed E-state index contributed by atoms with van der Waals surface area (Å²) < 4.78 is 18.9. The molecule has 5 aliphatic carbocycles. The van der Waals surface area contributed by atoms with Gasteiger partial charge in [-0.25, -0.2) is 0 Å². The van der Waals surface area contributed by atoms with Crippen molar-refractivity contribution in [2.45, 2.75) is 6.42 Å². The van der Waals surface area contributed by atoms with Crippen LogP contribution in [0.4, 0.5) is 0 Å². The molecule has 144 valence electrons. The Bertz CT molecular complexity index is 741. The predicted molar refractivity (Wildman–Crippen MR) is 79.4 cm³/mol. The van der Waals surface area contributed by atoms with Crippen molar-refractivity contribution in [3.63, 3.8) is 0 Å². The van der Waals surface area contributed by atoms with Crippen molar-refractivity contribution in [2.75, 3.05) is 28.4 Å². The van der Waals surface area contributed by atoms with E-state index >= 15 is 0 Å². The molecule has 27 heavy (non-hydrogen) atoms.